The summed E-state index contributed by atoms with van der Waals surface area (Å²) in [5.41, 5.74) is 2.82. The fraction of sp³-hybridized carbons (Fsp3) is 0.318. The van der Waals surface area contributed by atoms with Gasteiger partial charge in [-0.1, -0.05) is 45.0 Å². The van der Waals surface area contributed by atoms with E-state index in [1.807, 2.05) is 24.3 Å². The average Bonchev–Trinajstić information content (AvgIpc) is 2.60. The summed E-state index contributed by atoms with van der Waals surface area (Å²) in [5, 5.41) is 14.7. The molecule has 0 aliphatic rings. The SMILES string of the molecule is CC(=O)Nc1ccc(C(=O)N[C@H](CC(=O)O)c2ccc(C(C)(C)C)cc2)cc1. The highest BCUT2D eigenvalue weighted by Gasteiger charge is 2.20. The van der Waals surface area contributed by atoms with Gasteiger partial charge in [-0.05, 0) is 40.8 Å². The Balaban J connectivity index is 2.18. The number of amides is 2. The van der Waals surface area contributed by atoms with Crippen molar-refractivity contribution in [2.24, 2.45) is 0 Å². The normalized spacial score (nSPS) is 12.1. The summed E-state index contributed by atoms with van der Waals surface area (Å²) in [6.45, 7) is 7.71. The highest BCUT2D eigenvalue weighted by atomic mass is 16.4. The smallest absolute Gasteiger partial charge is 0.305 e. The number of carboxylic acids is 1. The minimum atomic E-state index is -0.994. The van der Waals surface area contributed by atoms with Crippen molar-refractivity contribution in [1.29, 1.82) is 0 Å². The van der Waals surface area contributed by atoms with Gasteiger partial charge < -0.3 is 15.7 Å². The Labute approximate surface area is 165 Å². The lowest BCUT2D eigenvalue weighted by atomic mass is 9.86. The lowest BCUT2D eigenvalue weighted by Gasteiger charge is -2.22. The van der Waals surface area contributed by atoms with E-state index in [-0.39, 0.29) is 23.7 Å². The highest BCUT2D eigenvalue weighted by Crippen LogP contribution is 2.25. The molecule has 0 saturated heterocycles. The second-order valence-corrected chi connectivity index (χ2v) is 7.75. The Morgan fingerprint density at radius 2 is 1.54 bits per heavy atom. The Hall–Kier alpha value is -3.15. The van der Waals surface area contributed by atoms with Crippen LogP contribution in [0.1, 0.15) is 61.6 Å². The largest absolute Gasteiger partial charge is 0.481 e. The first-order chi connectivity index (χ1) is 13.1. The molecular formula is C22H26N2O4. The molecule has 28 heavy (non-hydrogen) atoms. The van der Waals surface area contributed by atoms with Gasteiger partial charge in [-0.15, -0.1) is 0 Å². The number of rotatable bonds is 6. The van der Waals surface area contributed by atoms with Crippen molar-refractivity contribution in [1.82, 2.24) is 5.32 Å². The molecule has 0 aliphatic heterocycles. The number of anilines is 1. The molecule has 0 aliphatic carbocycles. The van der Waals surface area contributed by atoms with Crippen LogP contribution in [0.3, 0.4) is 0 Å². The van der Waals surface area contributed by atoms with Crippen molar-refractivity contribution in [2.45, 2.75) is 45.6 Å². The summed E-state index contributed by atoms with van der Waals surface area (Å²) < 4.78 is 0. The van der Waals surface area contributed by atoms with Gasteiger partial charge in [0.2, 0.25) is 5.91 Å². The second-order valence-electron chi connectivity index (χ2n) is 7.75. The van der Waals surface area contributed by atoms with E-state index in [0.717, 1.165) is 11.1 Å². The van der Waals surface area contributed by atoms with Crippen molar-refractivity contribution < 1.29 is 19.5 Å². The van der Waals surface area contributed by atoms with E-state index in [0.29, 0.717) is 11.3 Å². The molecule has 0 saturated carbocycles. The predicted octanol–water partition coefficient (Wildman–Crippen LogP) is 3.89. The highest BCUT2D eigenvalue weighted by molar-refractivity contribution is 5.96. The average molecular weight is 382 g/mol. The van der Waals surface area contributed by atoms with Crippen molar-refractivity contribution in [3.05, 3.63) is 65.2 Å². The standard InChI is InChI=1S/C22H26N2O4/c1-14(25)23-18-11-7-16(8-12-18)21(28)24-19(13-20(26)27)15-5-9-17(10-6-15)22(2,3)4/h5-12,19H,13H2,1-4H3,(H,23,25)(H,24,28)(H,26,27)/t19-/m1/s1. The van der Waals surface area contributed by atoms with E-state index in [9.17, 15) is 19.5 Å². The molecule has 2 aromatic rings. The minimum Gasteiger partial charge on any atom is -0.481 e. The lowest BCUT2D eigenvalue weighted by molar-refractivity contribution is -0.137. The Kier molecular flexibility index (Phi) is 6.57. The molecule has 0 unspecified atom stereocenters. The van der Waals surface area contributed by atoms with Crippen LogP contribution in [0.25, 0.3) is 0 Å². The third-order valence-corrected chi connectivity index (χ3v) is 4.33. The third-order valence-electron chi connectivity index (χ3n) is 4.33. The van der Waals surface area contributed by atoms with Gasteiger partial charge in [0.05, 0.1) is 12.5 Å². The molecule has 0 aromatic heterocycles. The lowest BCUT2D eigenvalue weighted by Crippen LogP contribution is -2.30. The van der Waals surface area contributed by atoms with Gasteiger partial charge in [0, 0.05) is 18.2 Å². The van der Waals surface area contributed by atoms with E-state index in [4.69, 9.17) is 0 Å². The van der Waals surface area contributed by atoms with Crippen molar-refractivity contribution >= 4 is 23.5 Å². The maximum absolute atomic E-state index is 12.6. The van der Waals surface area contributed by atoms with Gasteiger partial charge in [0.1, 0.15) is 0 Å². The molecule has 148 valence electrons. The molecule has 2 amide bonds. The Morgan fingerprint density at radius 3 is 2.00 bits per heavy atom. The maximum Gasteiger partial charge on any atom is 0.305 e. The van der Waals surface area contributed by atoms with Crippen molar-refractivity contribution in [3.8, 4) is 0 Å². The zero-order valence-corrected chi connectivity index (χ0v) is 16.6. The zero-order chi connectivity index (χ0) is 20.9. The van der Waals surface area contributed by atoms with Crippen LogP contribution < -0.4 is 10.6 Å². The van der Waals surface area contributed by atoms with Gasteiger partial charge in [-0.25, -0.2) is 0 Å². The summed E-state index contributed by atoms with van der Waals surface area (Å²) in [7, 11) is 0. The molecule has 0 radical (unpaired) electrons. The van der Waals surface area contributed by atoms with Crippen LogP contribution in [0.4, 0.5) is 5.69 Å². The van der Waals surface area contributed by atoms with Crippen LogP contribution >= 0.6 is 0 Å². The van der Waals surface area contributed by atoms with E-state index < -0.39 is 12.0 Å². The molecule has 0 spiro atoms. The van der Waals surface area contributed by atoms with Crippen LogP contribution in [0.15, 0.2) is 48.5 Å². The van der Waals surface area contributed by atoms with Gasteiger partial charge in [-0.2, -0.15) is 0 Å². The number of carbonyl (C=O) groups is 3. The van der Waals surface area contributed by atoms with Crippen LogP contribution in [-0.4, -0.2) is 22.9 Å². The second kappa shape index (κ2) is 8.69. The molecule has 6 heteroatoms. The number of hydrogen-bond acceptors (Lipinski definition) is 3. The summed E-state index contributed by atoms with van der Waals surface area (Å²) >= 11 is 0. The molecule has 6 nitrogen and oxygen atoms in total. The molecule has 0 bridgehead atoms. The Morgan fingerprint density at radius 1 is 0.964 bits per heavy atom. The Bertz CT molecular complexity index is 850. The van der Waals surface area contributed by atoms with Gasteiger partial charge in [0.25, 0.3) is 5.91 Å². The van der Waals surface area contributed by atoms with Crippen LogP contribution in [0.2, 0.25) is 0 Å². The van der Waals surface area contributed by atoms with Crippen LogP contribution in [0, 0.1) is 0 Å². The van der Waals surface area contributed by atoms with Crippen molar-refractivity contribution in [2.75, 3.05) is 5.32 Å². The van der Waals surface area contributed by atoms with E-state index in [1.54, 1.807) is 24.3 Å². The summed E-state index contributed by atoms with van der Waals surface area (Å²) in [5.74, 6) is -1.57. The molecule has 0 heterocycles. The minimum absolute atomic E-state index is 0.0142. The molecule has 1 atom stereocenters. The van der Waals surface area contributed by atoms with Gasteiger partial charge in [0.15, 0.2) is 0 Å². The first-order valence-corrected chi connectivity index (χ1v) is 9.07. The number of hydrogen-bond donors (Lipinski definition) is 3. The topological polar surface area (TPSA) is 95.5 Å². The monoisotopic (exact) mass is 382 g/mol. The molecular weight excluding hydrogens is 356 g/mol. The van der Waals surface area contributed by atoms with Gasteiger partial charge >= 0.3 is 5.97 Å². The maximum atomic E-state index is 12.6. The van der Waals surface area contributed by atoms with Crippen LogP contribution in [0.5, 0.6) is 0 Å². The fourth-order valence-corrected chi connectivity index (χ4v) is 2.79. The molecule has 2 aromatic carbocycles. The summed E-state index contributed by atoms with van der Waals surface area (Å²) in [4.78, 5) is 34.9. The third kappa shape index (κ3) is 5.94. The molecule has 0 fully saturated rings. The number of carboxylic acid groups (broad SMARTS) is 1. The summed E-state index contributed by atoms with van der Waals surface area (Å²) in [6.07, 6.45) is -0.218. The van der Waals surface area contributed by atoms with E-state index in [1.165, 1.54) is 6.92 Å². The van der Waals surface area contributed by atoms with E-state index in [2.05, 4.69) is 31.4 Å². The molecule has 2 rings (SSSR count). The first-order valence-electron chi connectivity index (χ1n) is 9.07. The quantitative estimate of drug-likeness (QED) is 0.706. The number of nitrogens with one attached hydrogen (secondary N) is 2. The number of benzene rings is 2. The number of carbonyl (C=O) groups excluding carboxylic acids is 2. The van der Waals surface area contributed by atoms with Crippen LogP contribution in [-0.2, 0) is 15.0 Å². The number of aliphatic carboxylic acids is 1. The fourth-order valence-electron chi connectivity index (χ4n) is 2.79. The van der Waals surface area contributed by atoms with Gasteiger partial charge in [-0.3, -0.25) is 14.4 Å². The van der Waals surface area contributed by atoms with E-state index >= 15 is 0 Å². The first kappa shape index (κ1) is 21.2. The summed E-state index contributed by atoms with van der Waals surface area (Å²) in [6, 6.07) is 13.4. The zero-order valence-electron chi connectivity index (χ0n) is 16.6. The van der Waals surface area contributed by atoms with Crippen molar-refractivity contribution in [3.63, 3.8) is 0 Å². The molecule has 3 N–H and O–H groups in total. The predicted molar refractivity (Wildman–Crippen MR) is 108 cm³/mol.